The fourth-order valence-corrected chi connectivity index (χ4v) is 1.20. The lowest BCUT2D eigenvalue weighted by Crippen LogP contribution is -2.13. The van der Waals surface area contributed by atoms with Gasteiger partial charge in [-0.2, -0.15) is 5.10 Å². The number of nitrogens with zero attached hydrogens (tertiary/aromatic N) is 2. The highest BCUT2D eigenvalue weighted by Crippen LogP contribution is 1.99. The van der Waals surface area contributed by atoms with Crippen molar-refractivity contribution in [3.63, 3.8) is 0 Å². The molecular weight excluding hydrogens is 271 g/mol. The van der Waals surface area contributed by atoms with Crippen LogP contribution >= 0.6 is 22.6 Å². The monoisotopic (exact) mass is 280 g/mol. The molecule has 1 rings (SSSR count). The molecule has 1 heterocycles. The zero-order valence-electron chi connectivity index (χ0n) is 6.66. The van der Waals surface area contributed by atoms with E-state index in [1.54, 1.807) is 17.8 Å². The molecule has 0 aliphatic rings. The Morgan fingerprint density at radius 2 is 2.58 bits per heavy atom. The number of halogens is 1. The quantitative estimate of drug-likeness (QED) is 0.614. The third-order valence-electron chi connectivity index (χ3n) is 1.20. The van der Waals surface area contributed by atoms with Crippen LogP contribution in [-0.4, -0.2) is 22.4 Å². The molecule has 0 aromatic carbocycles. The van der Waals surface area contributed by atoms with Crippen molar-refractivity contribution in [3.05, 3.63) is 16.0 Å². The molecule has 0 spiro atoms. The van der Waals surface area contributed by atoms with Gasteiger partial charge in [-0.3, -0.25) is 9.48 Å². The highest BCUT2D eigenvalue weighted by atomic mass is 127. The average molecular weight is 280 g/mol. The van der Waals surface area contributed by atoms with Gasteiger partial charge in [0.1, 0.15) is 10.2 Å². The summed E-state index contributed by atoms with van der Waals surface area (Å²) < 4.78 is 7.18. The maximum Gasteiger partial charge on any atom is 0.327 e. The van der Waals surface area contributed by atoms with Crippen LogP contribution in [0.2, 0.25) is 0 Å². The SMILES string of the molecule is CCOC(=O)Cn1ccc(I)n1. The van der Waals surface area contributed by atoms with Crippen molar-refractivity contribution in [2.24, 2.45) is 0 Å². The van der Waals surface area contributed by atoms with Crippen LogP contribution in [0.25, 0.3) is 0 Å². The molecule has 12 heavy (non-hydrogen) atoms. The minimum atomic E-state index is -0.253. The van der Waals surface area contributed by atoms with E-state index in [2.05, 4.69) is 27.7 Å². The molecule has 0 amide bonds. The summed E-state index contributed by atoms with van der Waals surface area (Å²) in [6.45, 7) is 2.39. The predicted octanol–water partition coefficient (Wildman–Crippen LogP) is 1.05. The number of carbonyl (C=O) groups excluding carboxylic acids is 1. The highest BCUT2D eigenvalue weighted by Gasteiger charge is 2.03. The Morgan fingerprint density at radius 3 is 3.08 bits per heavy atom. The topological polar surface area (TPSA) is 44.1 Å². The highest BCUT2D eigenvalue weighted by molar-refractivity contribution is 14.1. The van der Waals surface area contributed by atoms with Gasteiger partial charge in [0.05, 0.1) is 6.61 Å². The summed E-state index contributed by atoms with van der Waals surface area (Å²) in [5.74, 6) is -0.253. The zero-order chi connectivity index (χ0) is 8.97. The molecular formula is C7H9IN2O2. The van der Waals surface area contributed by atoms with Gasteiger partial charge >= 0.3 is 5.97 Å². The van der Waals surface area contributed by atoms with Gasteiger partial charge in [0, 0.05) is 6.20 Å². The standard InChI is InChI=1S/C7H9IN2O2/c1-2-12-7(11)5-10-4-3-6(8)9-10/h3-4H,2,5H2,1H3. The first-order valence-electron chi connectivity index (χ1n) is 3.57. The summed E-state index contributed by atoms with van der Waals surface area (Å²) in [4.78, 5) is 10.9. The van der Waals surface area contributed by atoms with Crippen molar-refractivity contribution in [1.29, 1.82) is 0 Å². The summed E-state index contributed by atoms with van der Waals surface area (Å²) >= 11 is 2.08. The van der Waals surface area contributed by atoms with Crippen LogP contribution < -0.4 is 0 Å². The van der Waals surface area contributed by atoms with Crippen LogP contribution in [0, 0.1) is 3.70 Å². The Bertz CT molecular complexity index is 272. The first kappa shape index (κ1) is 9.50. The van der Waals surface area contributed by atoms with Crippen molar-refractivity contribution in [3.8, 4) is 0 Å². The van der Waals surface area contributed by atoms with E-state index in [0.717, 1.165) is 3.70 Å². The maximum atomic E-state index is 10.9. The fraction of sp³-hybridized carbons (Fsp3) is 0.429. The van der Waals surface area contributed by atoms with Crippen molar-refractivity contribution in [2.45, 2.75) is 13.5 Å². The number of esters is 1. The molecule has 0 N–H and O–H groups in total. The molecule has 0 aliphatic heterocycles. The van der Waals surface area contributed by atoms with Gasteiger partial charge in [-0.05, 0) is 35.6 Å². The Labute approximate surface area is 84.0 Å². The van der Waals surface area contributed by atoms with Crippen molar-refractivity contribution < 1.29 is 9.53 Å². The number of aromatic nitrogens is 2. The summed E-state index contributed by atoms with van der Waals surface area (Å²) in [5, 5.41) is 4.04. The molecule has 1 aromatic heterocycles. The van der Waals surface area contributed by atoms with Crippen molar-refractivity contribution in [1.82, 2.24) is 9.78 Å². The third kappa shape index (κ3) is 2.80. The van der Waals surface area contributed by atoms with Gasteiger partial charge in [0.2, 0.25) is 0 Å². The molecule has 66 valence electrons. The minimum Gasteiger partial charge on any atom is -0.465 e. The maximum absolute atomic E-state index is 10.9. The fourth-order valence-electron chi connectivity index (χ4n) is 0.764. The second-order valence-corrected chi connectivity index (χ2v) is 3.25. The summed E-state index contributed by atoms with van der Waals surface area (Å²) in [6.07, 6.45) is 1.75. The summed E-state index contributed by atoms with van der Waals surface area (Å²) in [7, 11) is 0. The smallest absolute Gasteiger partial charge is 0.327 e. The minimum absolute atomic E-state index is 0.191. The molecule has 0 saturated carbocycles. The Kier molecular flexibility index (Phi) is 3.51. The van der Waals surface area contributed by atoms with E-state index in [4.69, 9.17) is 4.74 Å². The second kappa shape index (κ2) is 4.44. The van der Waals surface area contributed by atoms with Crippen LogP contribution in [0.15, 0.2) is 12.3 Å². The number of carbonyl (C=O) groups is 1. The van der Waals surface area contributed by atoms with E-state index in [1.807, 2.05) is 6.07 Å². The van der Waals surface area contributed by atoms with Gasteiger partial charge < -0.3 is 4.74 Å². The molecule has 0 radical (unpaired) electrons. The van der Waals surface area contributed by atoms with Crippen LogP contribution in [0.1, 0.15) is 6.92 Å². The van der Waals surface area contributed by atoms with E-state index in [-0.39, 0.29) is 12.5 Å². The predicted molar refractivity (Wildman–Crippen MR) is 51.6 cm³/mol. The van der Waals surface area contributed by atoms with E-state index >= 15 is 0 Å². The van der Waals surface area contributed by atoms with Gasteiger partial charge in [0.25, 0.3) is 0 Å². The second-order valence-electron chi connectivity index (χ2n) is 2.14. The van der Waals surface area contributed by atoms with Crippen LogP contribution in [-0.2, 0) is 16.1 Å². The first-order chi connectivity index (χ1) is 5.72. The molecule has 0 fully saturated rings. The lowest BCUT2D eigenvalue weighted by atomic mass is 10.6. The van der Waals surface area contributed by atoms with Gasteiger partial charge in [-0.15, -0.1) is 0 Å². The third-order valence-corrected chi connectivity index (χ3v) is 1.78. The van der Waals surface area contributed by atoms with Crippen LogP contribution in [0.5, 0.6) is 0 Å². The van der Waals surface area contributed by atoms with E-state index < -0.39 is 0 Å². The lowest BCUT2D eigenvalue weighted by Gasteiger charge is -2.00. The molecule has 0 unspecified atom stereocenters. The van der Waals surface area contributed by atoms with Crippen LogP contribution in [0.4, 0.5) is 0 Å². The Morgan fingerprint density at radius 1 is 1.83 bits per heavy atom. The molecule has 0 atom stereocenters. The molecule has 0 bridgehead atoms. The normalized spacial score (nSPS) is 9.83. The number of hydrogen-bond donors (Lipinski definition) is 0. The molecule has 1 aromatic rings. The molecule has 4 nitrogen and oxygen atoms in total. The van der Waals surface area contributed by atoms with Crippen molar-refractivity contribution >= 4 is 28.6 Å². The molecule has 0 saturated heterocycles. The van der Waals surface area contributed by atoms with Gasteiger partial charge in [-0.1, -0.05) is 0 Å². The number of rotatable bonds is 3. The number of ether oxygens (including phenoxy) is 1. The average Bonchev–Trinajstić information content (AvgIpc) is 2.36. The molecule has 5 heteroatoms. The number of hydrogen-bond acceptors (Lipinski definition) is 3. The summed E-state index contributed by atoms with van der Waals surface area (Å²) in [6, 6.07) is 1.83. The lowest BCUT2D eigenvalue weighted by molar-refractivity contribution is -0.144. The van der Waals surface area contributed by atoms with E-state index in [0.29, 0.717) is 6.61 Å². The Hall–Kier alpha value is -0.590. The van der Waals surface area contributed by atoms with Crippen molar-refractivity contribution in [2.75, 3.05) is 6.61 Å². The van der Waals surface area contributed by atoms with Gasteiger partial charge in [0.15, 0.2) is 0 Å². The molecule has 0 aliphatic carbocycles. The zero-order valence-corrected chi connectivity index (χ0v) is 8.82. The summed E-state index contributed by atoms with van der Waals surface area (Å²) in [5.41, 5.74) is 0. The van der Waals surface area contributed by atoms with E-state index in [9.17, 15) is 4.79 Å². The largest absolute Gasteiger partial charge is 0.465 e. The van der Waals surface area contributed by atoms with Gasteiger partial charge in [-0.25, -0.2) is 0 Å². The first-order valence-corrected chi connectivity index (χ1v) is 4.65. The van der Waals surface area contributed by atoms with E-state index in [1.165, 1.54) is 0 Å². The van der Waals surface area contributed by atoms with Crippen LogP contribution in [0.3, 0.4) is 0 Å². The Balaban J connectivity index is 2.46.